The first-order valence-electron chi connectivity index (χ1n) is 4.99. The molecule has 0 aromatic heterocycles. The highest BCUT2D eigenvalue weighted by molar-refractivity contribution is 5.46. The van der Waals surface area contributed by atoms with E-state index >= 15 is 0 Å². The lowest BCUT2D eigenvalue weighted by Gasteiger charge is -2.08. The van der Waals surface area contributed by atoms with Gasteiger partial charge in [-0.1, -0.05) is 6.07 Å². The molecular weight excluding hydrogens is 178 g/mol. The summed E-state index contributed by atoms with van der Waals surface area (Å²) < 4.78 is 11.1. The molecule has 3 nitrogen and oxygen atoms in total. The van der Waals surface area contributed by atoms with E-state index in [1.54, 1.807) is 0 Å². The Bertz CT molecular complexity index is 312. The number of nitrogens with two attached hydrogens (primary N) is 1. The summed E-state index contributed by atoms with van der Waals surface area (Å²) in [4.78, 5) is 0. The Kier molecular flexibility index (Phi) is 2.89. The van der Waals surface area contributed by atoms with Crippen molar-refractivity contribution < 1.29 is 9.47 Å². The molecule has 3 heteroatoms. The first-order chi connectivity index (χ1) is 6.92. The summed E-state index contributed by atoms with van der Waals surface area (Å²) in [6.45, 7) is 2.13. The molecule has 1 aromatic rings. The summed E-state index contributed by atoms with van der Waals surface area (Å²) in [5.41, 5.74) is 6.60. The Labute approximate surface area is 83.8 Å². The lowest BCUT2D eigenvalue weighted by atomic mass is 10.1. The van der Waals surface area contributed by atoms with Crippen LogP contribution in [-0.4, -0.2) is 19.8 Å². The van der Waals surface area contributed by atoms with Crippen LogP contribution in [0.1, 0.15) is 12.0 Å². The van der Waals surface area contributed by atoms with Gasteiger partial charge in [-0.05, 0) is 25.1 Å². The van der Waals surface area contributed by atoms with Crippen LogP contribution in [0.2, 0.25) is 0 Å². The van der Waals surface area contributed by atoms with Crippen molar-refractivity contribution in [2.24, 2.45) is 5.73 Å². The van der Waals surface area contributed by atoms with Gasteiger partial charge in [0.05, 0.1) is 13.2 Å². The molecule has 0 atom stereocenters. The van der Waals surface area contributed by atoms with Gasteiger partial charge in [0.2, 0.25) is 0 Å². The van der Waals surface area contributed by atoms with Crippen LogP contribution >= 0.6 is 0 Å². The molecule has 1 aliphatic rings. The Balaban J connectivity index is 2.06. The van der Waals surface area contributed by atoms with Gasteiger partial charge in [-0.2, -0.15) is 0 Å². The molecule has 1 heterocycles. The van der Waals surface area contributed by atoms with Crippen LogP contribution < -0.4 is 15.2 Å². The number of hydrogen-bond acceptors (Lipinski definition) is 3. The van der Waals surface area contributed by atoms with E-state index < -0.39 is 0 Å². The van der Waals surface area contributed by atoms with E-state index in [0.29, 0.717) is 13.2 Å². The minimum absolute atomic E-state index is 0.672. The van der Waals surface area contributed by atoms with Gasteiger partial charge in [0.1, 0.15) is 11.5 Å². The molecule has 0 unspecified atom stereocenters. The number of ether oxygens (including phenoxy) is 2. The van der Waals surface area contributed by atoms with Gasteiger partial charge in [0.15, 0.2) is 0 Å². The standard InChI is InChI=1S/C11H15NO2/c12-6-2-7-13-10-3-1-4-11-9(10)5-8-14-11/h1,3-4H,2,5-8,12H2. The molecule has 0 radical (unpaired) electrons. The zero-order chi connectivity index (χ0) is 9.80. The molecule has 0 amide bonds. The zero-order valence-corrected chi connectivity index (χ0v) is 8.16. The monoisotopic (exact) mass is 193 g/mol. The fraction of sp³-hybridized carbons (Fsp3) is 0.455. The average molecular weight is 193 g/mol. The van der Waals surface area contributed by atoms with Crippen LogP contribution in [-0.2, 0) is 6.42 Å². The lowest BCUT2D eigenvalue weighted by molar-refractivity contribution is 0.311. The Morgan fingerprint density at radius 2 is 2.36 bits per heavy atom. The summed E-state index contributed by atoms with van der Waals surface area (Å²) in [5, 5.41) is 0. The van der Waals surface area contributed by atoms with Crippen molar-refractivity contribution >= 4 is 0 Å². The van der Waals surface area contributed by atoms with Crippen molar-refractivity contribution in [1.29, 1.82) is 0 Å². The van der Waals surface area contributed by atoms with Crippen molar-refractivity contribution in [2.45, 2.75) is 12.8 Å². The largest absolute Gasteiger partial charge is 0.493 e. The molecule has 1 aromatic carbocycles. The predicted octanol–water partition coefficient (Wildman–Crippen LogP) is 1.35. The topological polar surface area (TPSA) is 44.5 Å². The minimum Gasteiger partial charge on any atom is -0.493 e. The zero-order valence-electron chi connectivity index (χ0n) is 8.16. The quantitative estimate of drug-likeness (QED) is 0.734. The van der Waals surface area contributed by atoms with E-state index in [4.69, 9.17) is 15.2 Å². The van der Waals surface area contributed by atoms with Gasteiger partial charge in [-0.25, -0.2) is 0 Å². The molecule has 2 N–H and O–H groups in total. The van der Waals surface area contributed by atoms with Gasteiger partial charge in [0, 0.05) is 12.0 Å². The van der Waals surface area contributed by atoms with Crippen LogP contribution in [0.15, 0.2) is 18.2 Å². The first-order valence-corrected chi connectivity index (χ1v) is 4.99. The molecule has 0 saturated carbocycles. The number of fused-ring (bicyclic) bond motifs is 1. The van der Waals surface area contributed by atoms with Crippen molar-refractivity contribution in [1.82, 2.24) is 0 Å². The van der Waals surface area contributed by atoms with E-state index in [9.17, 15) is 0 Å². The van der Waals surface area contributed by atoms with Gasteiger partial charge in [-0.15, -0.1) is 0 Å². The lowest BCUT2D eigenvalue weighted by Crippen LogP contribution is -2.06. The molecule has 0 fully saturated rings. The van der Waals surface area contributed by atoms with Gasteiger partial charge >= 0.3 is 0 Å². The molecule has 76 valence electrons. The van der Waals surface area contributed by atoms with E-state index in [-0.39, 0.29) is 0 Å². The average Bonchev–Trinajstić information content (AvgIpc) is 2.67. The highest BCUT2D eigenvalue weighted by Gasteiger charge is 2.16. The maximum Gasteiger partial charge on any atom is 0.126 e. The maximum atomic E-state index is 5.63. The second-order valence-corrected chi connectivity index (χ2v) is 3.32. The normalized spacial score (nSPS) is 13.5. The SMILES string of the molecule is NCCCOc1cccc2c1CCO2. The molecular formula is C11H15NO2. The Morgan fingerprint density at radius 3 is 3.21 bits per heavy atom. The van der Waals surface area contributed by atoms with Crippen molar-refractivity contribution in [2.75, 3.05) is 19.8 Å². The van der Waals surface area contributed by atoms with E-state index in [2.05, 4.69) is 0 Å². The smallest absolute Gasteiger partial charge is 0.126 e. The second kappa shape index (κ2) is 4.33. The van der Waals surface area contributed by atoms with E-state index in [1.165, 1.54) is 5.56 Å². The van der Waals surface area contributed by atoms with Gasteiger partial charge in [-0.3, -0.25) is 0 Å². The van der Waals surface area contributed by atoms with Gasteiger partial charge in [0.25, 0.3) is 0 Å². The number of benzene rings is 1. The molecule has 0 aliphatic carbocycles. The molecule has 0 spiro atoms. The van der Waals surface area contributed by atoms with E-state index in [1.807, 2.05) is 18.2 Å². The second-order valence-electron chi connectivity index (χ2n) is 3.32. The van der Waals surface area contributed by atoms with Crippen LogP contribution in [0.5, 0.6) is 11.5 Å². The van der Waals surface area contributed by atoms with Crippen LogP contribution in [0.25, 0.3) is 0 Å². The highest BCUT2D eigenvalue weighted by atomic mass is 16.5. The maximum absolute atomic E-state index is 5.63. The minimum atomic E-state index is 0.672. The molecule has 14 heavy (non-hydrogen) atoms. The summed E-state index contributed by atoms with van der Waals surface area (Å²) in [6, 6.07) is 5.93. The van der Waals surface area contributed by atoms with Gasteiger partial charge < -0.3 is 15.2 Å². The fourth-order valence-electron chi connectivity index (χ4n) is 1.59. The highest BCUT2D eigenvalue weighted by Crippen LogP contribution is 2.32. The molecule has 0 bridgehead atoms. The Hall–Kier alpha value is -1.22. The first kappa shape index (κ1) is 9.34. The third-order valence-corrected chi connectivity index (χ3v) is 2.31. The summed E-state index contributed by atoms with van der Waals surface area (Å²) in [6.07, 6.45) is 1.85. The summed E-state index contributed by atoms with van der Waals surface area (Å²) in [5.74, 6) is 1.92. The van der Waals surface area contributed by atoms with Crippen molar-refractivity contribution in [3.05, 3.63) is 23.8 Å². The third-order valence-electron chi connectivity index (χ3n) is 2.31. The Morgan fingerprint density at radius 1 is 1.43 bits per heavy atom. The summed E-state index contributed by atoms with van der Waals surface area (Å²) >= 11 is 0. The third kappa shape index (κ3) is 1.82. The fourth-order valence-corrected chi connectivity index (χ4v) is 1.59. The molecule has 1 aliphatic heterocycles. The van der Waals surface area contributed by atoms with Crippen molar-refractivity contribution in [3.8, 4) is 11.5 Å². The molecule has 0 saturated heterocycles. The van der Waals surface area contributed by atoms with Crippen molar-refractivity contribution in [3.63, 3.8) is 0 Å². The predicted molar refractivity (Wildman–Crippen MR) is 54.8 cm³/mol. The number of hydrogen-bond donors (Lipinski definition) is 1. The van der Waals surface area contributed by atoms with E-state index in [0.717, 1.165) is 30.9 Å². The van der Waals surface area contributed by atoms with Crippen LogP contribution in [0.3, 0.4) is 0 Å². The van der Waals surface area contributed by atoms with Crippen LogP contribution in [0, 0.1) is 0 Å². The molecule has 2 rings (SSSR count). The van der Waals surface area contributed by atoms with Crippen LogP contribution in [0.4, 0.5) is 0 Å². The summed E-state index contributed by atoms with van der Waals surface area (Å²) in [7, 11) is 0. The number of rotatable bonds is 4.